The number of anilines is 2. The van der Waals surface area contributed by atoms with Crippen LogP contribution in [0.4, 0.5) is 21.0 Å². The number of methoxy groups -OCH3 is 1. The van der Waals surface area contributed by atoms with Crippen molar-refractivity contribution in [2.75, 3.05) is 44.5 Å². The minimum atomic E-state index is -0.482. The van der Waals surface area contributed by atoms with Gasteiger partial charge in [0.1, 0.15) is 17.6 Å². The lowest BCUT2D eigenvalue weighted by molar-refractivity contribution is 0.0366. The number of nitrogens with one attached hydrogen (secondary N) is 3. The summed E-state index contributed by atoms with van der Waals surface area (Å²) in [7, 11) is 3.26. The molecule has 11 heteroatoms. The lowest BCUT2D eigenvalue weighted by Gasteiger charge is -2.38. The summed E-state index contributed by atoms with van der Waals surface area (Å²) < 4.78 is 11.4. The Morgan fingerprint density at radius 1 is 1.13 bits per heavy atom. The molecule has 0 saturated carbocycles. The Balaban J connectivity index is 1.85. The molecule has 212 valence electrons. The van der Waals surface area contributed by atoms with Gasteiger partial charge in [0, 0.05) is 36.9 Å². The highest BCUT2D eigenvalue weighted by Gasteiger charge is 2.34. The van der Waals surface area contributed by atoms with E-state index in [-0.39, 0.29) is 36.1 Å². The van der Waals surface area contributed by atoms with Crippen LogP contribution in [0, 0.1) is 5.92 Å². The molecule has 0 unspecified atom stereocenters. The van der Waals surface area contributed by atoms with Crippen molar-refractivity contribution in [3.05, 3.63) is 48.0 Å². The number of ether oxygens (including phenoxy) is 2. The van der Waals surface area contributed by atoms with Gasteiger partial charge in [0.05, 0.1) is 31.9 Å². The standard InChI is InChI=1S/C28H39N5O6/c1-17(2)29-28(37)32(5)15-25-18(3)14-33(19(4)16-34)26(35)23-13-21(9-12-24(23)39-25)31-27(36)30-20-7-10-22(38-6)11-8-20/h7-13,17-19,25,34H,14-16H2,1-6H3,(H,29,37)(H2,30,31,36)/t18-,19-,25-/m1/s1. The summed E-state index contributed by atoms with van der Waals surface area (Å²) in [5, 5.41) is 18.2. The number of hydrogen-bond acceptors (Lipinski definition) is 6. The van der Waals surface area contributed by atoms with Gasteiger partial charge < -0.3 is 40.3 Å². The maximum Gasteiger partial charge on any atom is 0.323 e. The highest BCUT2D eigenvalue weighted by atomic mass is 16.5. The highest BCUT2D eigenvalue weighted by Crippen LogP contribution is 2.31. The van der Waals surface area contributed by atoms with E-state index >= 15 is 0 Å². The molecule has 3 atom stereocenters. The van der Waals surface area contributed by atoms with E-state index < -0.39 is 18.2 Å². The van der Waals surface area contributed by atoms with Gasteiger partial charge in [0.25, 0.3) is 5.91 Å². The Labute approximate surface area is 229 Å². The number of amides is 5. The van der Waals surface area contributed by atoms with E-state index in [1.165, 1.54) is 0 Å². The molecule has 39 heavy (non-hydrogen) atoms. The normalized spacial score (nSPS) is 17.7. The van der Waals surface area contributed by atoms with Crippen molar-refractivity contribution >= 4 is 29.3 Å². The first-order valence-electron chi connectivity index (χ1n) is 13.0. The average Bonchev–Trinajstić information content (AvgIpc) is 2.90. The third-order valence-electron chi connectivity index (χ3n) is 6.48. The van der Waals surface area contributed by atoms with Crippen LogP contribution in [0.1, 0.15) is 38.1 Å². The first-order valence-corrected chi connectivity index (χ1v) is 13.0. The van der Waals surface area contributed by atoms with Gasteiger partial charge in [-0.1, -0.05) is 6.92 Å². The van der Waals surface area contributed by atoms with Gasteiger partial charge in [0.2, 0.25) is 0 Å². The molecule has 1 aliphatic heterocycles. The maximum absolute atomic E-state index is 13.6. The molecule has 0 spiro atoms. The van der Waals surface area contributed by atoms with Crippen LogP contribution >= 0.6 is 0 Å². The van der Waals surface area contributed by atoms with Gasteiger partial charge in [-0.15, -0.1) is 0 Å². The summed E-state index contributed by atoms with van der Waals surface area (Å²) in [6, 6.07) is 10.6. The Morgan fingerprint density at radius 3 is 2.38 bits per heavy atom. The number of benzene rings is 2. The fourth-order valence-electron chi connectivity index (χ4n) is 4.20. The predicted molar refractivity (Wildman–Crippen MR) is 150 cm³/mol. The SMILES string of the molecule is COc1ccc(NC(=O)Nc2ccc3c(c2)C(=O)N([C@H](C)CO)C[C@@H](C)[C@@H](CN(C)C(=O)NC(C)C)O3)cc1. The summed E-state index contributed by atoms with van der Waals surface area (Å²) in [5.74, 6) is 0.549. The van der Waals surface area contributed by atoms with Crippen LogP contribution in [0.25, 0.3) is 0 Å². The van der Waals surface area contributed by atoms with Crippen LogP contribution in [0.3, 0.4) is 0 Å². The van der Waals surface area contributed by atoms with Crippen molar-refractivity contribution in [1.29, 1.82) is 0 Å². The van der Waals surface area contributed by atoms with Crippen LogP contribution < -0.4 is 25.4 Å². The third-order valence-corrected chi connectivity index (χ3v) is 6.48. The number of rotatable bonds is 8. The molecule has 4 N–H and O–H groups in total. The quantitative estimate of drug-likeness (QED) is 0.404. The van der Waals surface area contributed by atoms with Gasteiger partial charge in [-0.2, -0.15) is 0 Å². The van der Waals surface area contributed by atoms with Crippen LogP contribution in [0.15, 0.2) is 42.5 Å². The number of nitrogens with zero attached hydrogens (tertiary/aromatic N) is 2. The minimum absolute atomic E-state index is 0.0114. The summed E-state index contributed by atoms with van der Waals surface area (Å²) in [4.78, 5) is 41.9. The molecular formula is C28H39N5O6. The molecule has 0 bridgehead atoms. The van der Waals surface area contributed by atoms with E-state index in [9.17, 15) is 19.5 Å². The second-order valence-corrected chi connectivity index (χ2v) is 10.1. The molecule has 0 fully saturated rings. The lowest BCUT2D eigenvalue weighted by atomic mass is 9.99. The molecule has 0 radical (unpaired) electrons. The van der Waals surface area contributed by atoms with Gasteiger partial charge in [0.15, 0.2) is 0 Å². The summed E-state index contributed by atoms with van der Waals surface area (Å²) >= 11 is 0. The molecule has 1 heterocycles. The molecule has 11 nitrogen and oxygen atoms in total. The first kappa shape index (κ1) is 29.6. The van der Waals surface area contributed by atoms with E-state index in [4.69, 9.17) is 9.47 Å². The smallest absolute Gasteiger partial charge is 0.323 e. The molecule has 2 aromatic carbocycles. The van der Waals surface area contributed by atoms with Gasteiger partial charge in [-0.05, 0) is 63.2 Å². The van der Waals surface area contributed by atoms with E-state index in [2.05, 4.69) is 16.0 Å². The number of aliphatic hydroxyl groups is 1. The largest absolute Gasteiger partial charge is 0.497 e. The predicted octanol–water partition coefficient (Wildman–Crippen LogP) is 3.61. The topological polar surface area (TPSA) is 132 Å². The Morgan fingerprint density at radius 2 is 1.77 bits per heavy atom. The monoisotopic (exact) mass is 541 g/mol. The second kappa shape index (κ2) is 13.2. The lowest BCUT2D eigenvalue weighted by Crippen LogP contribution is -2.51. The molecular weight excluding hydrogens is 502 g/mol. The average molecular weight is 542 g/mol. The van der Waals surface area contributed by atoms with Gasteiger partial charge >= 0.3 is 12.1 Å². The van der Waals surface area contributed by atoms with Crippen molar-refractivity contribution in [3.63, 3.8) is 0 Å². The van der Waals surface area contributed by atoms with Gasteiger partial charge in [-0.3, -0.25) is 4.79 Å². The zero-order chi connectivity index (χ0) is 28.7. The van der Waals surface area contributed by atoms with Crippen molar-refractivity contribution in [2.24, 2.45) is 5.92 Å². The second-order valence-electron chi connectivity index (χ2n) is 10.1. The molecule has 0 aromatic heterocycles. The zero-order valence-corrected chi connectivity index (χ0v) is 23.4. The Bertz CT molecular complexity index is 1160. The van der Waals surface area contributed by atoms with E-state index in [0.29, 0.717) is 36.0 Å². The van der Waals surface area contributed by atoms with Gasteiger partial charge in [-0.25, -0.2) is 9.59 Å². The summed E-state index contributed by atoms with van der Waals surface area (Å²) in [5.41, 5.74) is 1.22. The van der Waals surface area contributed by atoms with E-state index in [1.54, 1.807) is 73.3 Å². The van der Waals surface area contributed by atoms with E-state index in [0.717, 1.165) is 0 Å². The summed E-state index contributed by atoms with van der Waals surface area (Å²) in [6.07, 6.45) is -0.426. The molecule has 0 saturated heterocycles. The number of likely N-dealkylation sites (N-methyl/N-ethyl adjacent to an activating group) is 1. The summed E-state index contributed by atoms with van der Waals surface area (Å²) in [6.45, 7) is 7.90. The molecule has 0 aliphatic carbocycles. The molecule has 2 aromatic rings. The molecule has 1 aliphatic rings. The zero-order valence-electron chi connectivity index (χ0n) is 23.4. The Hall–Kier alpha value is -3.99. The maximum atomic E-state index is 13.6. The van der Waals surface area contributed by atoms with Crippen LogP contribution in [0.5, 0.6) is 11.5 Å². The number of fused-ring (bicyclic) bond motifs is 1. The van der Waals surface area contributed by atoms with E-state index in [1.807, 2.05) is 20.8 Å². The van der Waals surface area contributed by atoms with Crippen molar-refractivity contribution in [1.82, 2.24) is 15.1 Å². The van der Waals surface area contributed by atoms with Crippen molar-refractivity contribution < 1.29 is 29.0 Å². The van der Waals surface area contributed by atoms with Crippen molar-refractivity contribution in [3.8, 4) is 11.5 Å². The Kier molecular flexibility index (Phi) is 10.00. The fraction of sp³-hybridized carbons (Fsp3) is 0.464. The molecule has 5 amide bonds. The van der Waals surface area contributed by atoms with Crippen LogP contribution in [0.2, 0.25) is 0 Å². The highest BCUT2D eigenvalue weighted by molar-refractivity contribution is 6.02. The molecule has 3 rings (SSSR count). The fourth-order valence-corrected chi connectivity index (χ4v) is 4.20. The first-order chi connectivity index (χ1) is 18.5. The minimum Gasteiger partial charge on any atom is -0.497 e. The van der Waals surface area contributed by atoms with Crippen molar-refractivity contribution in [2.45, 2.75) is 45.9 Å². The number of hydrogen-bond donors (Lipinski definition) is 4. The van der Waals surface area contributed by atoms with Crippen LogP contribution in [-0.2, 0) is 0 Å². The van der Waals surface area contributed by atoms with Crippen LogP contribution in [-0.4, -0.2) is 84.9 Å². The number of carbonyl (C=O) groups is 3. The number of urea groups is 2. The number of aliphatic hydroxyl groups excluding tert-OH is 1. The third kappa shape index (κ3) is 7.76. The number of carbonyl (C=O) groups excluding carboxylic acids is 3.